The van der Waals surface area contributed by atoms with E-state index in [1.807, 2.05) is 0 Å². The van der Waals surface area contributed by atoms with Crippen LogP contribution in [0.1, 0.15) is 20.3 Å². The largest absolute Gasteiger partial charge is 0.465 e. The first-order valence-electron chi connectivity index (χ1n) is 5.59. The first kappa shape index (κ1) is 16.6. The Hall–Kier alpha value is -1.39. The first-order chi connectivity index (χ1) is 8.43. The van der Waals surface area contributed by atoms with Gasteiger partial charge in [-0.3, -0.25) is 4.79 Å². The molecular formula is C11H18N2O4S. The summed E-state index contributed by atoms with van der Waals surface area (Å²) in [7, 11) is -3.84. The first-order valence-corrected chi connectivity index (χ1v) is 7.09. The summed E-state index contributed by atoms with van der Waals surface area (Å²) >= 11 is 0. The van der Waals surface area contributed by atoms with E-state index in [9.17, 15) is 13.2 Å². The molecule has 0 aliphatic heterocycles. The van der Waals surface area contributed by atoms with Gasteiger partial charge < -0.3 is 4.74 Å². The highest BCUT2D eigenvalue weighted by Crippen LogP contribution is 2.12. The lowest BCUT2D eigenvalue weighted by molar-refractivity contribution is -0.143. The van der Waals surface area contributed by atoms with Crippen molar-refractivity contribution in [1.29, 1.82) is 5.26 Å². The van der Waals surface area contributed by atoms with Crippen LogP contribution in [0.2, 0.25) is 0 Å². The molecule has 6 nitrogen and oxygen atoms in total. The summed E-state index contributed by atoms with van der Waals surface area (Å²) in [5.74, 6) is -0.643. The minimum Gasteiger partial charge on any atom is -0.465 e. The maximum atomic E-state index is 12.1. The molecule has 0 aliphatic carbocycles. The lowest BCUT2D eigenvalue weighted by Crippen LogP contribution is -2.41. The molecule has 1 unspecified atom stereocenters. The number of rotatable bonds is 8. The Labute approximate surface area is 108 Å². The second-order valence-corrected chi connectivity index (χ2v) is 5.57. The highest BCUT2D eigenvalue weighted by molar-refractivity contribution is 7.90. The van der Waals surface area contributed by atoms with E-state index >= 15 is 0 Å². The van der Waals surface area contributed by atoms with Crippen molar-refractivity contribution in [3.8, 4) is 6.07 Å². The second-order valence-electron chi connectivity index (χ2n) is 3.46. The van der Waals surface area contributed by atoms with E-state index in [-0.39, 0.29) is 19.6 Å². The Morgan fingerprint density at radius 2 is 2.17 bits per heavy atom. The quantitative estimate of drug-likeness (QED) is 0.479. The maximum Gasteiger partial charge on any atom is 0.321 e. The van der Waals surface area contributed by atoms with Crippen molar-refractivity contribution in [2.45, 2.75) is 25.5 Å². The molecule has 0 radical (unpaired) electrons. The van der Waals surface area contributed by atoms with Crippen LogP contribution in [0, 0.1) is 11.3 Å². The van der Waals surface area contributed by atoms with Gasteiger partial charge in [0.25, 0.3) is 0 Å². The van der Waals surface area contributed by atoms with Gasteiger partial charge >= 0.3 is 5.97 Å². The monoisotopic (exact) mass is 274 g/mol. The molecule has 0 N–H and O–H groups in total. The predicted molar refractivity (Wildman–Crippen MR) is 67.0 cm³/mol. The van der Waals surface area contributed by atoms with Crippen LogP contribution in [0.3, 0.4) is 0 Å². The van der Waals surface area contributed by atoms with Gasteiger partial charge in [-0.15, -0.1) is 6.58 Å². The molecule has 0 rings (SSSR count). The van der Waals surface area contributed by atoms with E-state index in [2.05, 4.69) is 6.58 Å². The Morgan fingerprint density at radius 1 is 1.56 bits per heavy atom. The molecule has 0 saturated carbocycles. The Bertz CT molecular complexity index is 425. The molecule has 0 saturated heterocycles. The molecule has 18 heavy (non-hydrogen) atoms. The van der Waals surface area contributed by atoms with Gasteiger partial charge in [-0.1, -0.05) is 13.0 Å². The lowest BCUT2D eigenvalue weighted by Gasteiger charge is -2.21. The van der Waals surface area contributed by atoms with Gasteiger partial charge in [-0.25, -0.2) is 8.42 Å². The molecule has 0 aliphatic rings. The topological polar surface area (TPSA) is 87.5 Å². The SMILES string of the molecule is C=CCN(CC(=O)OCC)S(=O)(=O)C(C#N)CC. The average molecular weight is 274 g/mol. The van der Waals surface area contributed by atoms with Gasteiger partial charge in [0.15, 0.2) is 5.25 Å². The summed E-state index contributed by atoms with van der Waals surface area (Å²) in [4.78, 5) is 11.3. The number of carbonyl (C=O) groups is 1. The number of hydrogen-bond donors (Lipinski definition) is 0. The van der Waals surface area contributed by atoms with Crippen LogP contribution in [0.5, 0.6) is 0 Å². The van der Waals surface area contributed by atoms with Gasteiger partial charge in [0.05, 0.1) is 12.7 Å². The fraction of sp³-hybridized carbons (Fsp3) is 0.636. The number of sulfonamides is 1. The van der Waals surface area contributed by atoms with Crippen LogP contribution < -0.4 is 0 Å². The van der Waals surface area contributed by atoms with Gasteiger partial charge in [-0.05, 0) is 13.3 Å². The second kappa shape index (κ2) is 7.84. The Morgan fingerprint density at radius 3 is 2.56 bits per heavy atom. The summed E-state index contributed by atoms with van der Waals surface area (Å²) in [6.45, 7) is 6.42. The van der Waals surface area contributed by atoms with Crippen molar-refractivity contribution in [2.24, 2.45) is 0 Å². The molecule has 1 atom stereocenters. The predicted octanol–water partition coefficient (Wildman–Crippen LogP) is 0.669. The molecule has 0 aromatic heterocycles. The van der Waals surface area contributed by atoms with Gasteiger partial charge in [0.1, 0.15) is 6.54 Å². The Balaban J connectivity index is 5.05. The van der Waals surface area contributed by atoms with Crippen molar-refractivity contribution in [3.63, 3.8) is 0 Å². The van der Waals surface area contributed by atoms with E-state index in [4.69, 9.17) is 10.00 Å². The van der Waals surface area contributed by atoms with Crippen LogP contribution >= 0.6 is 0 Å². The zero-order valence-electron chi connectivity index (χ0n) is 10.6. The summed E-state index contributed by atoms with van der Waals surface area (Å²) in [6.07, 6.45) is 1.52. The van der Waals surface area contributed by atoms with Crippen molar-refractivity contribution < 1.29 is 17.9 Å². The summed E-state index contributed by atoms with van der Waals surface area (Å²) in [6, 6.07) is 1.72. The number of nitriles is 1. The molecule has 0 amide bonds. The number of carbonyl (C=O) groups excluding carboxylic acids is 1. The highest BCUT2D eigenvalue weighted by Gasteiger charge is 2.31. The molecule has 0 aromatic rings. The smallest absolute Gasteiger partial charge is 0.321 e. The molecule has 0 spiro atoms. The number of hydrogen-bond acceptors (Lipinski definition) is 5. The van der Waals surface area contributed by atoms with Gasteiger partial charge in [0, 0.05) is 6.54 Å². The van der Waals surface area contributed by atoms with E-state index in [0.29, 0.717) is 0 Å². The Kier molecular flexibility index (Phi) is 7.24. The summed E-state index contributed by atoms with van der Waals surface area (Å²) < 4.78 is 29.8. The molecule has 0 fully saturated rings. The van der Waals surface area contributed by atoms with Crippen LogP contribution in [-0.2, 0) is 19.6 Å². The van der Waals surface area contributed by atoms with Crippen LogP contribution in [0.15, 0.2) is 12.7 Å². The molecule has 0 heterocycles. The zero-order valence-corrected chi connectivity index (χ0v) is 11.4. The maximum absolute atomic E-state index is 12.1. The van der Waals surface area contributed by atoms with Crippen molar-refractivity contribution in [2.75, 3.05) is 19.7 Å². The molecule has 102 valence electrons. The molecule has 0 aromatic carbocycles. The zero-order chi connectivity index (χ0) is 14.2. The summed E-state index contributed by atoms with van der Waals surface area (Å²) in [5, 5.41) is 7.66. The third-order valence-corrected chi connectivity index (χ3v) is 4.33. The fourth-order valence-corrected chi connectivity index (χ4v) is 2.81. The molecule has 0 bridgehead atoms. The van der Waals surface area contributed by atoms with Crippen LogP contribution in [0.4, 0.5) is 0 Å². The van der Waals surface area contributed by atoms with Gasteiger partial charge in [-0.2, -0.15) is 9.57 Å². The number of esters is 1. The molecular weight excluding hydrogens is 256 g/mol. The minimum absolute atomic E-state index is 0.0284. The van der Waals surface area contributed by atoms with Crippen molar-refractivity contribution >= 4 is 16.0 Å². The molecule has 7 heteroatoms. The lowest BCUT2D eigenvalue weighted by atomic mass is 10.4. The van der Waals surface area contributed by atoms with E-state index in [1.54, 1.807) is 19.9 Å². The summed E-state index contributed by atoms with van der Waals surface area (Å²) in [5.41, 5.74) is 0. The highest BCUT2D eigenvalue weighted by atomic mass is 32.2. The van der Waals surface area contributed by atoms with E-state index in [1.165, 1.54) is 6.08 Å². The fourth-order valence-electron chi connectivity index (χ4n) is 1.30. The third kappa shape index (κ3) is 4.47. The van der Waals surface area contributed by atoms with Crippen molar-refractivity contribution in [1.82, 2.24) is 4.31 Å². The average Bonchev–Trinajstić information content (AvgIpc) is 2.30. The number of nitrogens with zero attached hydrogens (tertiary/aromatic N) is 2. The van der Waals surface area contributed by atoms with Crippen LogP contribution in [-0.4, -0.2) is 43.6 Å². The normalized spacial score (nSPS) is 12.8. The number of ether oxygens (including phenoxy) is 1. The third-order valence-electron chi connectivity index (χ3n) is 2.18. The minimum atomic E-state index is -3.84. The van der Waals surface area contributed by atoms with Crippen molar-refractivity contribution in [3.05, 3.63) is 12.7 Å². The standard InChI is InChI=1S/C11H18N2O4S/c1-4-7-13(9-11(14)17-6-3)18(15,16)10(5-2)8-12/h4,10H,1,5-7,9H2,2-3H3. The van der Waals surface area contributed by atoms with Crippen LogP contribution in [0.25, 0.3) is 0 Å². The van der Waals surface area contributed by atoms with Gasteiger partial charge in [0.2, 0.25) is 10.0 Å². The van der Waals surface area contributed by atoms with E-state index < -0.39 is 27.8 Å². The van der Waals surface area contributed by atoms with E-state index in [0.717, 1.165) is 4.31 Å².